The second-order valence-corrected chi connectivity index (χ2v) is 6.05. The smallest absolute Gasteiger partial charge is 0.315 e. The fourth-order valence-electron chi connectivity index (χ4n) is 1.42. The number of hydrogen-bond donors (Lipinski definition) is 3. The van der Waals surface area contributed by atoms with E-state index < -0.39 is 5.97 Å². The lowest BCUT2D eigenvalue weighted by Crippen LogP contribution is -2.46. The lowest BCUT2D eigenvalue weighted by molar-refractivity contribution is -0.137. The summed E-state index contributed by atoms with van der Waals surface area (Å²) in [4.78, 5) is 21.9. The van der Waals surface area contributed by atoms with Gasteiger partial charge >= 0.3 is 12.0 Å². The lowest BCUT2D eigenvalue weighted by atomic mass is 9.88. The van der Waals surface area contributed by atoms with E-state index >= 15 is 0 Å². The average Bonchev–Trinajstić information content (AvgIpc) is 2.25. The van der Waals surface area contributed by atoms with Gasteiger partial charge in [0.15, 0.2) is 0 Å². The van der Waals surface area contributed by atoms with Crippen molar-refractivity contribution in [3.8, 4) is 0 Å². The molecule has 0 spiro atoms. The van der Waals surface area contributed by atoms with Gasteiger partial charge in [0.05, 0.1) is 0 Å². The summed E-state index contributed by atoms with van der Waals surface area (Å²) in [5.41, 5.74) is 0.0498. The second-order valence-electron chi connectivity index (χ2n) is 6.05. The number of carbonyl (C=O) groups is 2. The molecule has 0 aliphatic carbocycles. The zero-order chi connectivity index (χ0) is 14.9. The van der Waals surface area contributed by atoms with E-state index in [2.05, 4.69) is 31.4 Å². The van der Waals surface area contributed by atoms with Crippen LogP contribution in [-0.2, 0) is 4.79 Å². The molecule has 1 unspecified atom stereocenters. The van der Waals surface area contributed by atoms with Crippen molar-refractivity contribution in [2.75, 3.05) is 6.54 Å². The van der Waals surface area contributed by atoms with E-state index in [1.165, 1.54) is 0 Å². The Morgan fingerprint density at radius 3 is 2.21 bits per heavy atom. The number of aliphatic carboxylic acids is 1. The molecule has 5 nitrogen and oxygen atoms in total. The van der Waals surface area contributed by atoms with Gasteiger partial charge in [0.2, 0.25) is 0 Å². The molecular formula is C14H28N2O3. The number of hydrogen-bond acceptors (Lipinski definition) is 2. The van der Waals surface area contributed by atoms with Gasteiger partial charge in [-0.2, -0.15) is 0 Å². The number of nitrogens with one attached hydrogen (secondary N) is 2. The van der Waals surface area contributed by atoms with Crippen LogP contribution in [-0.4, -0.2) is 29.7 Å². The van der Waals surface area contributed by atoms with Crippen LogP contribution in [0.3, 0.4) is 0 Å². The van der Waals surface area contributed by atoms with Crippen molar-refractivity contribution >= 4 is 12.0 Å². The maximum atomic E-state index is 11.6. The Labute approximate surface area is 116 Å². The summed E-state index contributed by atoms with van der Waals surface area (Å²) in [6, 6.07) is -0.0176. The Morgan fingerprint density at radius 2 is 1.68 bits per heavy atom. The molecule has 0 rings (SSSR count). The van der Waals surface area contributed by atoms with Gasteiger partial charge in [-0.15, -0.1) is 0 Å². The molecule has 0 saturated heterocycles. The molecule has 19 heavy (non-hydrogen) atoms. The molecular weight excluding hydrogens is 244 g/mol. The van der Waals surface area contributed by atoms with Gasteiger partial charge < -0.3 is 15.7 Å². The highest BCUT2D eigenvalue weighted by Gasteiger charge is 2.21. The summed E-state index contributed by atoms with van der Waals surface area (Å²) < 4.78 is 0. The largest absolute Gasteiger partial charge is 0.481 e. The zero-order valence-corrected chi connectivity index (χ0v) is 12.6. The van der Waals surface area contributed by atoms with Gasteiger partial charge in [0, 0.05) is 19.0 Å². The predicted octanol–water partition coefficient (Wildman–Crippen LogP) is 2.76. The highest BCUT2D eigenvalue weighted by atomic mass is 16.4. The summed E-state index contributed by atoms with van der Waals surface area (Å²) in [6.45, 7) is 8.88. The highest BCUT2D eigenvalue weighted by molar-refractivity contribution is 5.74. The van der Waals surface area contributed by atoms with Crippen LogP contribution in [0.5, 0.6) is 0 Å². The topological polar surface area (TPSA) is 78.4 Å². The van der Waals surface area contributed by atoms with Gasteiger partial charge in [-0.1, -0.05) is 33.6 Å². The molecule has 3 N–H and O–H groups in total. The van der Waals surface area contributed by atoms with Crippen LogP contribution in [0.25, 0.3) is 0 Å². The summed E-state index contributed by atoms with van der Waals surface area (Å²) in [6.07, 6.45) is 3.67. The Balaban J connectivity index is 3.52. The van der Waals surface area contributed by atoms with Crippen molar-refractivity contribution < 1.29 is 14.7 Å². The Bertz CT molecular complexity index is 285. The number of rotatable bonds is 8. The molecule has 0 heterocycles. The van der Waals surface area contributed by atoms with Crippen molar-refractivity contribution in [3.05, 3.63) is 0 Å². The number of carbonyl (C=O) groups excluding carboxylic acids is 1. The summed E-state index contributed by atoms with van der Waals surface area (Å²) in [5, 5.41) is 14.2. The third-order valence-corrected chi connectivity index (χ3v) is 3.25. The number of urea groups is 1. The third kappa shape index (κ3) is 10.4. The summed E-state index contributed by atoms with van der Waals surface area (Å²) in [7, 11) is 0. The Kier molecular flexibility index (Phi) is 8.19. The Hall–Kier alpha value is -1.26. The van der Waals surface area contributed by atoms with Gasteiger partial charge in [0.25, 0.3) is 0 Å². The van der Waals surface area contributed by atoms with Gasteiger partial charge in [-0.05, 0) is 25.2 Å². The first-order chi connectivity index (χ1) is 8.73. The molecule has 0 saturated carbocycles. The molecule has 0 fully saturated rings. The molecule has 0 aromatic heterocycles. The van der Waals surface area contributed by atoms with Crippen LogP contribution in [0, 0.1) is 5.41 Å². The zero-order valence-electron chi connectivity index (χ0n) is 12.6. The van der Waals surface area contributed by atoms with Crippen LogP contribution < -0.4 is 10.6 Å². The van der Waals surface area contributed by atoms with E-state index in [-0.39, 0.29) is 23.9 Å². The van der Waals surface area contributed by atoms with Crippen LogP contribution >= 0.6 is 0 Å². The van der Waals surface area contributed by atoms with Gasteiger partial charge in [0.1, 0.15) is 0 Å². The maximum absolute atomic E-state index is 11.6. The molecule has 112 valence electrons. The van der Waals surface area contributed by atoms with Crippen LogP contribution in [0.2, 0.25) is 0 Å². The quantitative estimate of drug-likeness (QED) is 0.594. The fourth-order valence-corrected chi connectivity index (χ4v) is 1.42. The molecule has 0 aromatic rings. The van der Waals surface area contributed by atoms with Crippen molar-refractivity contribution in [2.24, 2.45) is 5.41 Å². The normalized spacial score (nSPS) is 12.8. The highest BCUT2D eigenvalue weighted by Crippen LogP contribution is 2.18. The molecule has 0 aliphatic heterocycles. The molecule has 1 atom stereocenters. The SMILES string of the molecule is CC(NC(=O)NCCCCCCC(=O)O)C(C)(C)C. The summed E-state index contributed by atoms with van der Waals surface area (Å²) >= 11 is 0. The first-order valence-corrected chi connectivity index (χ1v) is 6.99. The molecule has 2 amide bonds. The standard InChI is InChI=1S/C14H28N2O3/c1-11(14(2,3)4)16-13(19)15-10-8-6-5-7-9-12(17)18/h11H,5-10H2,1-4H3,(H,17,18)(H2,15,16,19). The molecule has 0 aliphatic rings. The molecule has 5 heteroatoms. The predicted molar refractivity (Wildman–Crippen MR) is 76.2 cm³/mol. The Morgan fingerprint density at radius 1 is 1.11 bits per heavy atom. The molecule has 0 aromatic carbocycles. The maximum Gasteiger partial charge on any atom is 0.315 e. The van der Waals surface area contributed by atoms with Crippen molar-refractivity contribution in [1.29, 1.82) is 0 Å². The van der Waals surface area contributed by atoms with E-state index in [9.17, 15) is 9.59 Å². The van der Waals surface area contributed by atoms with Crippen LogP contribution in [0.4, 0.5) is 4.79 Å². The first-order valence-electron chi connectivity index (χ1n) is 6.99. The van der Waals surface area contributed by atoms with Gasteiger partial charge in [-0.25, -0.2) is 4.79 Å². The van der Waals surface area contributed by atoms with E-state index in [1.54, 1.807) is 0 Å². The minimum atomic E-state index is -0.742. The minimum absolute atomic E-state index is 0.0498. The second kappa shape index (κ2) is 8.77. The fraction of sp³-hybridized carbons (Fsp3) is 0.857. The number of carboxylic acids is 1. The number of amides is 2. The monoisotopic (exact) mass is 272 g/mol. The van der Waals surface area contributed by atoms with E-state index in [0.29, 0.717) is 13.0 Å². The van der Waals surface area contributed by atoms with Crippen LogP contribution in [0.15, 0.2) is 0 Å². The van der Waals surface area contributed by atoms with Gasteiger partial charge in [-0.3, -0.25) is 4.79 Å². The average molecular weight is 272 g/mol. The van der Waals surface area contributed by atoms with E-state index in [1.807, 2.05) is 6.92 Å². The van der Waals surface area contributed by atoms with E-state index in [0.717, 1.165) is 19.3 Å². The third-order valence-electron chi connectivity index (χ3n) is 3.25. The minimum Gasteiger partial charge on any atom is -0.481 e. The van der Waals surface area contributed by atoms with Crippen molar-refractivity contribution in [2.45, 2.75) is 65.8 Å². The number of carboxylic acid groups (broad SMARTS) is 1. The number of unbranched alkanes of at least 4 members (excludes halogenated alkanes) is 3. The van der Waals surface area contributed by atoms with Crippen molar-refractivity contribution in [1.82, 2.24) is 10.6 Å². The molecule has 0 bridgehead atoms. The van der Waals surface area contributed by atoms with Crippen molar-refractivity contribution in [3.63, 3.8) is 0 Å². The van der Waals surface area contributed by atoms with Crippen LogP contribution in [0.1, 0.15) is 59.8 Å². The first kappa shape index (κ1) is 17.7. The summed E-state index contributed by atoms with van der Waals surface area (Å²) in [5.74, 6) is -0.742. The molecule has 0 radical (unpaired) electrons. The lowest BCUT2D eigenvalue weighted by Gasteiger charge is -2.28. The van der Waals surface area contributed by atoms with E-state index in [4.69, 9.17) is 5.11 Å².